The smallest absolute Gasteiger partial charge is 0.0579 e. The van der Waals surface area contributed by atoms with E-state index < -0.39 is 0 Å². The van der Waals surface area contributed by atoms with Gasteiger partial charge in [0.25, 0.3) is 0 Å². The number of rotatable bonds is 5. The number of aryl methyl sites for hydroxylation is 2. The van der Waals surface area contributed by atoms with Crippen LogP contribution in [0.1, 0.15) is 41.6 Å². The minimum absolute atomic E-state index is 0.293. The van der Waals surface area contributed by atoms with Crippen molar-refractivity contribution in [2.24, 2.45) is 0 Å². The van der Waals surface area contributed by atoms with Gasteiger partial charge in [0.05, 0.1) is 6.04 Å². The Labute approximate surface area is 116 Å². The zero-order valence-corrected chi connectivity index (χ0v) is 12.1. The van der Waals surface area contributed by atoms with Gasteiger partial charge in [0, 0.05) is 0 Å². The first-order valence-electron chi connectivity index (χ1n) is 7.08. The maximum Gasteiger partial charge on any atom is 0.0579 e. The molecule has 2 rings (SSSR count). The summed E-state index contributed by atoms with van der Waals surface area (Å²) in [6.45, 7) is 7.56. The van der Waals surface area contributed by atoms with Crippen molar-refractivity contribution in [3.8, 4) is 0 Å². The Morgan fingerprint density at radius 3 is 2.26 bits per heavy atom. The molecule has 0 radical (unpaired) electrons. The van der Waals surface area contributed by atoms with Crippen LogP contribution in [0.15, 0.2) is 48.5 Å². The van der Waals surface area contributed by atoms with Gasteiger partial charge in [0.2, 0.25) is 0 Å². The van der Waals surface area contributed by atoms with E-state index in [-0.39, 0.29) is 0 Å². The molecule has 0 aliphatic rings. The highest BCUT2D eigenvalue weighted by Crippen LogP contribution is 2.25. The van der Waals surface area contributed by atoms with E-state index in [0.717, 1.165) is 13.0 Å². The minimum atomic E-state index is 0.293. The average molecular weight is 253 g/mol. The van der Waals surface area contributed by atoms with E-state index in [0.29, 0.717) is 6.04 Å². The average Bonchev–Trinajstić information content (AvgIpc) is 2.43. The lowest BCUT2D eigenvalue weighted by Crippen LogP contribution is -2.23. The molecule has 100 valence electrons. The maximum atomic E-state index is 3.66. The number of hydrogen-bond donors (Lipinski definition) is 1. The van der Waals surface area contributed by atoms with Crippen LogP contribution in [0.25, 0.3) is 0 Å². The Balaban J connectivity index is 2.35. The highest BCUT2D eigenvalue weighted by atomic mass is 14.9. The van der Waals surface area contributed by atoms with Crippen LogP contribution in [0.4, 0.5) is 0 Å². The largest absolute Gasteiger partial charge is 0.306 e. The van der Waals surface area contributed by atoms with E-state index in [1.807, 2.05) is 0 Å². The summed E-state index contributed by atoms with van der Waals surface area (Å²) in [5, 5.41) is 3.66. The summed E-state index contributed by atoms with van der Waals surface area (Å²) in [5.41, 5.74) is 5.37. The summed E-state index contributed by atoms with van der Waals surface area (Å²) in [4.78, 5) is 0. The molecule has 0 bridgehead atoms. The van der Waals surface area contributed by atoms with E-state index in [1.165, 1.54) is 22.3 Å². The van der Waals surface area contributed by atoms with Gasteiger partial charge in [-0.3, -0.25) is 0 Å². The molecule has 0 heterocycles. The zero-order chi connectivity index (χ0) is 13.7. The molecule has 0 aromatic heterocycles. The van der Waals surface area contributed by atoms with E-state index in [2.05, 4.69) is 74.6 Å². The Morgan fingerprint density at radius 2 is 1.63 bits per heavy atom. The summed E-state index contributed by atoms with van der Waals surface area (Å²) < 4.78 is 0. The standard InChI is InChI=1S/C18H23N/c1-4-13-19-18(16-11-9-14(2)10-12-16)17-8-6-5-7-15(17)3/h5-12,18-19H,4,13H2,1-3H3. The molecule has 1 N–H and O–H groups in total. The quantitative estimate of drug-likeness (QED) is 0.833. The molecular formula is C18H23N. The number of hydrogen-bond acceptors (Lipinski definition) is 1. The van der Waals surface area contributed by atoms with Crippen LogP contribution in [0.2, 0.25) is 0 Å². The Bertz CT molecular complexity index is 513. The molecule has 2 aromatic carbocycles. The monoisotopic (exact) mass is 253 g/mol. The van der Waals surface area contributed by atoms with Crippen molar-refractivity contribution in [1.29, 1.82) is 0 Å². The van der Waals surface area contributed by atoms with Crippen LogP contribution in [-0.4, -0.2) is 6.54 Å². The topological polar surface area (TPSA) is 12.0 Å². The van der Waals surface area contributed by atoms with Gasteiger partial charge in [-0.15, -0.1) is 0 Å². The minimum Gasteiger partial charge on any atom is -0.306 e. The Morgan fingerprint density at radius 1 is 0.947 bits per heavy atom. The molecule has 19 heavy (non-hydrogen) atoms. The van der Waals surface area contributed by atoms with Gasteiger partial charge in [-0.1, -0.05) is 61.0 Å². The lowest BCUT2D eigenvalue weighted by Gasteiger charge is -2.21. The maximum absolute atomic E-state index is 3.66. The summed E-state index contributed by atoms with van der Waals surface area (Å²) >= 11 is 0. The van der Waals surface area contributed by atoms with Gasteiger partial charge >= 0.3 is 0 Å². The van der Waals surface area contributed by atoms with Crippen molar-refractivity contribution >= 4 is 0 Å². The lowest BCUT2D eigenvalue weighted by atomic mass is 9.94. The SMILES string of the molecule is CCCNC(c1ccc(C)cc1)c1ccccc1C. The fourth-order valence-corrected chi connectivity index (χ4v) is 2.37. The number of benzene rings is 2. The molecule has 0 fully saturated rings. The van der Waals surface area contributed by atoms with Crippen LogP contribution in [0.3, 0.4) is 0 Å². The second-order valence-corrected chi connectivity index (χ2v) is 5.15. The Hall–Kier alpha value is -1.60. The second kappa shape index (κ2) is 6.53. The van der Waals surface area contributed by atoms with Gasteiger partial charge in [0.1, 0.15) is 0 Å². The van der Waals surface area contributed by atoms with Crippen molar-refractivity contribution in [3.05, 3.63) is 70.8 Å². The van der Waals surface area contributed by atoms with Crippen molar-refractivity contribution in [1.82, 2.24) is 5.32 Å². The third kappa shape index (κ3) is 3.45. The molecular weight excluding hydrogens is 230 g/mol. The van der Waals surface area contributed by atoms with Gasteiger partial charge in [0.15, 0.2) is 0 Å². The molecule has 1 nitrogen and oxygen atoms in total. The molecule has 0 saturated carbocycles. The fraction of sp³-hybridized carbons (Fsp3) is 0.333. The molecule has 1 atom stereocenters. The van der Waals surface area contributed by atoms with Crippen LogP contribution >= 0.6 is 0 Å². The summed E-state index contributed by atoms with van der Waals surface area (Å²) in [7, 11) is 0. The third-order valence-corrected chi connectivity index (χ3v) is 3.51. The second-order valence-electron chi connectivity index (χ2n) is 5.15. The highest BCUT2D eigenvalue weighted by molar-refractivity contribution is 5.37. The first-order chi connectivity index (χ1) is 9.22. The van der Waals surface area contributed by atoms with Crippen molar-refractivity contribution in [2.75, 3.05) is 6.54 Å². The highest BCUT2D eigenvalue weighted by Gasteiger charge is 2.14. The molecule has 2 aromatic rings. The van der Waals surface area contributed by atoms with Gasteiger partial charge in [-0.2, -0.15) is 0 Å². The molecule has 1 unspecified atom stereocenters. The zero-order valence-electron chi connectivity index (χ0n) is 12.1. The first-order valence-corrected chi connectivity index (χ1v) is 7.08. The predicted octanol–water partition coefficient (Wildman–Crippen LogP) is 4.39. The molecule has 0 amide bonds. The van der Waals surface area contributed by atoms with Crippen molar-refractivity contribution in [3.63, 3.8) is 0 Å². The molecule has 0 spiro atoms. The van der Waals surface area contributed by atoms with Crippen LogP contribution in [-0.2, 0) is 0 Å². The van der Waals surface area contributed by atoms with Crippen LogP contribution in [0, 0.1) is 13.8 Å². The fourth-order valence-electron chi connectivity index (χ4n) is 2.37. The lowest BCUT2D eigenvalue weighted by molar-refractivity contribution is 0.596. The predicted molar refractivity (Wildman–Crippen MR) is 82.5 cm³/mol. The number of nitrogens with one attached hydrogen (secondary N) is 1. The third-order valence-electron chi connectivity index (χ3n) is 3.51. The summed E-state index contributed by atoms with van der Waals surface area (Å²) in [6, 6.07) is 17.8. The van der Waals surface area contributed by atoms with Crippen LogP contribution in [0.5, 0.6) is 0 Å². The Kier molecular flexibility index (Phi) is 4.75. The molecule has 1 heteroatoms. The molecule has 0 aliphatic heterocycles. The van der Waals surface area contributed by atoms with Crippen LogP contribution < -0.4 is 5.32 Å². The normalized spacial score (nSPS) is 12.4. The van der Waals surface area contributed by atoms with E-state index >= 15 is 0 Å². The van der Waals surface area contributed by atoms with Gasteiger partial charge < -0.3 is 5.32 Å². The van der Waals surface area contributed by atoms with E-state index in [9.17, 15) is 0 Å². The summed E-state index contributed by atoms with van der Waals surface area (Å²) in [5.74, 6) is 0. The van der Waals surface area contributed by atoms with E-state index in [4.69, 9.17) is 0 Å². The van der Waals surface area contributed by atoms with E-state index in [1.54, 1.807) is 0 Å². The van der Waals surface area contributed by atoms with Crippen molar-refractivity contribution < 1.29 is 0 Å². The molecule has 0 saturated heterocycles. The van der Waals surface area contributed by atoms with Gasteiger partial charge in [-0.05, 0) is 43.5 Å². The molecule has 0 aliphatic carbocycles. The summed E-state index contributed by atoms with van der Waals surface area (Å²) in [6.07, 6.45) is 1.15. The van der Waals surface area contributed by atoms with Crippen molar-refractivity contribution in [2.45, 2.75) is 33.2 Å². The van der Waals surface area contributed by atoms with Gasteiger partial charge in [-0.25, -0.2) is 0 Å². The first kappa shape index (κ1) is 13.8.